The first-order valence-corrected chi connectivity index (χ1v) is 7.55. The van der Waals surface area contributed by atoms with Crippen molar-refractivity contribution in [3.05, 3.63) is 0 Å². The summed E-state index contributed by atoms with van der Waals surface area (Å²) in [7, 11) is 0. The van der Waals surface area contributed by atoms with Gasteiger partial charge in [0.1, 0.15) is 18.1 Å². The molecule has 0 aliphatic carbocycles. The molecule has 0 saturated carbocycles. The number of carbonyl (C=O) groups is 3. The smallest absolute Gasteiger partial charge is 0.321 e. The molecule has 0 bridgehead atoms. The van der Waals surface area contributed by atoms with E-state index < -0.39 is 36.0 Å². The number of nitrogens with two attached hydrogens (primary N) is 3. The van der Waals surface area contributed by atoms with Crippen molar-refractivity contribution in [2.45, 2.75) is 24.5 Å². The summed E-state index contributed by atoms with van der Waals surface area (Å²) in [6.45, 7) is 0. The zero-order chi connectivity index (χ0) is 17.0. The number of aliphatic carboxylic acids is 3. The summed E-state index contributed by atoms with van der Waals surface area (Å²) < 4.78 is 0. The molecule has 0 amide bonds. The van der Waals surface area contributed by atoms with Gasteiger partial charge in [0.15, 0.2) is 0 Å². The third-order valence-electron chi connectivity index (χ3n) is 2.02. The largest absolute Gasteiger partial charge is 0.480 e. The minimum Gasteiger partial charge on any atom is -0.480 e. The Bertz CT molecular complexity index is 323. The van der Waals surface area contributed by atoms with Gasteiger partial charge < -0.3 is 32.5 Å². The average molecular weight is 343 g/mol. The molecular formula is C10H21N3O6S2. The Balaban J connectivity index is 0. The molecule has 0 aromatic rings. The molecule has 1 unspecified atom stereocenters. The number of carboxylic acid groups (broad SMARTS) is 3. The Hall–Kier alpha value is -1.01. The topological polar surface area (TPSA) is 190 Å². The van der Waals surface area contributed by atoms with E-state index in [4.69, 9.17) is 32.5 Å². The summed E-state index contributed by atoms with van der Waals surface area (Å²) in [5.41, 5.74) is 15.4. The van der Waals surface area contributed by atoms with Crippen molar-refractivity contribution < 1.29 is 29.7 Å². The maximum Gasteiger partial charge on any atom is 0.321 e. The molecule has 0 aliphatic heterocycles. The van der Waals surface area contributed by atoms with E-state index in [-0.39, 0.29) is 11.5 Å². The van der Waals surface area contributed by atoms with Crippen molar-refractivity contribution in [1.29, 1.82) is 0 Å². The fraction of sp³-hybridized carbons (Fsp3) is 0.700. The fourth-order valence-corrected chi connectivity index (χ4v) is 1.83. The number of thiol groups is 1. The highest BCUT2D eigenvalue weighted by atomic mass is 32.2. The van der Waals surface area contributed by atoms with Crippen LogP contribution in [-0.2, 0) is 14.4 Å². The van der Waals surface area contributed by atoms with Crippen LogP contribution in [0.3, 0.4) is 0 Å². The lowest BCUT2D eigenvalue weighted by molar-refractivity contribution is -0.139. The Morgan fingerprint density at radius 3 is 1.62 bits per heavy atom. The molecule has 0 spiro atoms. The second kappa shape index (κ2) is 12.7. The van der Waals surface area contributed by atoms with E-state index in [2.05, 4.69) is 12.6 Å². The van der Waals surface area contributed by atoms with E-state index in [1.54, 1.807) is 0 Å². The van der Waals surface area contributed by atoms with Crippen molar-refractivity contribution in [3.8, 4) is 0 Å². The first-order chi connectivity index (χ1) is 9.63. The highest BCUT2D eigenvalue weighted by molar-refractivity contribution is 7.99. The van der Waals surface area contributed by atoms with Crippen LogP contribution in [0.5, 0.6) is 0 Å². The van der Waals surface area contributed by atoms with Gasteiger partial charge in [-0.15, -0.1) is 0 Å². The molecule has 11 heteroatoms. The molecule has 0 saturated heterocycles. The van der Waals surface area contributed by atoms with Gasteiger partial charge in [-0.1, -0.05) is 0 Å². The molecule has 0 aromatic heterocycles. The predicted molar refractivity (Wildman–Crippen MR) is 82.6 cm³/mol. The minimum absolute atomic E-state index is 0.190. The second-order valence-electron chi connectivity index (χ2n) is 3.88. The summed E-state index contributed by atoms with van der Waals surface area (Å²) in [6, 6.07) is -2.60. The van der Waals surface area contributed by atoms with Gasteiger partial charge in [-0.25, -0.2) is 0 Å². The van der Waals surface area contributed by atoms with Gasteiger partial charge in [-0.05, 0) is 12.2 Å². The van der Waals surface area contributed by atoms with Gasteiger partial charge in [-0.2, -0.15) is 24.4 Å². The molecule has 0 fully saturated rings. The van der Waals surface area contributed by atoms with Gasteiger partial charge in [0.05, 0.1) is 0 Å². The fourth-order valence-electron chi connectivity index (χ4n) is 0.693. The highest BCUT2D eigenvalue weighted by Gasteiger charge is 2.13. The standard InChI is InChI=1S/C7H14N2O4S.C3H7NO2S/c8-4(6(10)11)1-2-14-3-5(9)7(12)13;4-2(1-7)3(5)6/h4-5H,1-3,8-9H2,(H,10,11)(H,12,13);2,7H,1,4H2,(H,5,6)/t4-,5?;2-/m00/s1. The van der Waals surface area contributed by atoms with Crippen LogP contribution in [0.4, 0.5) is 0 Å². The lowest BCUT2D eigenvalue weighted by atomic mass is 10.2. The molecule has 21 heavy (non-hydrogen) atoms. The van der Waals surface area contributed by atoms with Gasteiger partial charge in [0.25, 0.3) is 0 Å². The quantitative estimate of drug-likeness (QED) is 0.187. The molecule has 0 heterocycles. The molecule has 0 aliphatic rings. The van der Waals surface area contributed by atoms with Crippen molar-refractivity contribution in [1.82, 2.24) is 0 Å². The van der Waals surface area contributed by atoms with Crippen LogP contribution in [-0.4, -0.2) is 68.6 Å². The van der Waals surface area contributed by atoms with Gasteiger partial charge >= 0.3 is 17.9 Å². The summed E-state index contributed by atoms with van der Waals surface area (Å²) in [6.07, 6.45) is 0.312. The van der Waals surface area contributed by atoms with Crippen molar-refractivity contribution >= 4 is 42.3 Å². The number of thioether (sulfide) groups is 1. The summed E-state index contributed by atoms with van der Waals surface area (Å²) >= 11 is 4.94. The SMILES string of the molecule is NC(CSCC[C@H](N)C(=O)O)C(=O)O.N[C@@H](CS)C(=O)O. The van der Waals surface area contributed by atoms with Gasteiger partial charge in [0.2, 0.25) is 0 Å². The van der Waals surface area contributed by atoms with E-state index in [0.29, 0.717) is 12.2 Å². The van der Waals surface area contributed by atoms with Crippen LogP contribution < -0.4 is 17.2 Å². The third kappa shape index (κ3) is 13.7. The van der Waals surface area contributed by atoms with Crippen LogP contribution in [0.2, 0.25) is 0 Å². The average Bonchev–Trinajstić information content (AvgIpc) is 2.42. The second-order valence-corrected chi connectivity index (χ2v) is 5.40. The van der Waals surface area contributed by atoms with Crippen LogP contribution in [0.15, 0.2) is 0 Å². The lowest BCUT2D eigenvalue weighted by Crippen LogP contribution is -2.33. The number of carboxylic acids is 3. The minimum atomic E-state index is -1.06. The lowest BCUT2D eigenvalue weighted by Gasteiger charge is -2.07. The Labute approximate surface area is 131 Å². The van der Waals surface area contributed by atoms with E-state index in [0.717, 1.165) is 0 Å². The Kier molecular flexibility index (Phi) is 13.5. The van der Waals surface area contributed by atoms with Gasteiger partial charge in [0, 0.05) is 11.5 Å². The van der Waals surface area contributed by atoms with Crippen LogP contribution in [0.25, 0.3) is 0 Å². The van der Waals surface area contributed by atoms with Crippen molar-refractivity contribution in [2.24, 2.45) is 17.2 Å². The van der Waals surface area contributed by atoms with Crippen LogP contribution in [0.1, 0.15) is 6.42 Å². The summed E-state index contributed by atoms with van der Waals surface area (Å²) in [4.78, 5) is 30.3. The number of hydrogen-bond acceptors (Lipinski definition) is 8. The van der Waals surface area contributed by atoms with Gasteiger partial charge in [-0.3, -0.25) is 14.4 Å². The summed E-state index contributed by atoms with van der Waals surface area (Å²) in [5, 5.41) is 24.9. The van der Waals surface area contributed by atoms with E-state index in [1.165, 1.54) is 11.8 Å². The van der Waals surface area contributed by atoms with E-state index in [1.807, 2.05) is 0 Å². The molecule has 3 atom stereocenters. The predicted octanol–water partition coefficient (Wildman–Crippen LogP) is -1.74. The van der Waals surface area contributed by atoms with Crippen molar-refractivity contribution in [3.63, 3.8) is 0 Å². The molecule has 9 N–H and O–H groups in total. The maximum absolute atomic E-state index is 10.3. The Morgan fingerprint density at radius 2 is 1.33 bits per heavy atom. The van der Waals surface area contributed by atoms with Crippen LogP contribution >= 0.6 is 24.4 Å². The van der Waals surface area contributed by atoms with Crippen LogP contribution in [0, 0.1) is 0 Å². The first-order valence-electron chi connectivity index (χ1n) is 5.77. The molecule has 0 aromatic carbocycles. The normalized spacial score (nSPS) is 14.3. The zero-order valence-corrected chi connectivity index (χ0v) is 12.9. The number of rotatable bonds is 9. The number of hydrogen-bond donors (Lipinski definition) is 7. The molecular weight excluding hydrogens is 322 g/mol. The van der Waals surface area contributed by atoms with Crippen molar-refractivity contribution in [2.75, 3.05) is 17.3 Å². The monoisotopic (exact) mass is 343 g/mol. The summed E-state index contributed by atoms with van der Waals surface area (Å²) in [5.74, 6) is -2.16. The molecule has 0 rings (SSSR count). The van der Waals surface area contributed by atoms with E-state index in [9.17, 15) is 14.4 Å². The van der Waals surface area contributed by atoms with E-state index >= 15 is 0 Å². The molecule has 0 radical (unpaired) electrons. The first kappa shape index (κ1) is 22.3. The third-order valence-corrected chi connectivity index (χ3v) is 3.53. The molecule has 124 valence electrons. The Morgan fingerprint density at radius 1 is 0.905 bits per heavy atom. The highest BCUT2D eigenvalue weighted by Crippen LogP contribution is 2.05. The maximum atomic E-state index is 10.3. The zero-order valence-electron chi connectivity index (χ0n) is 11.2. The molecule has 9 nitrogen and oxygen atoms in total.